The number of thiocarbonyl (C=S) groups is 1. The lowest BCUT2D eigenvalue weighted by atomic mass is 10.1. The van der Waals surface area contributed by atoms with Crippen molar-refractivity contribution in [2.24, 2.45) is 0 Å². The summed E-state index contributed by atoms with van der Waals surface area (Å²) in [6, 6.07) is 9.08. The van der Waals surface area contributed by atoms with E-state index in [0.29, 0.717) is 25.9 Å². The standard InChI is InChI=1S/C28H34F6N4O2S.C2H6/c1-39-35-25-9-8-23(19-24(25)28(32,33)34)40-22-10-13-38(14-11-22)26(41)3-2-12-36-15-17-37(18-16-36)21-6-4-20(5-7-21)27(29,30)31;1-2/h4-9,19,22,35H,2-3,10-18H2,1H3;1-2H3. The molecule has 2 aromatic carbocycles. The Morgan fingerprint density at radius 2 is 1.51 bits per heavy atom. The molecule has 4 rings (SSSR count). The number of nitrogens with one attached hydrogen (secondary N) is 1. The number of likely N-dealkylation sites (tertiary alicyclic amines) is 1. The van der Waals surface area contributed by atoms with Crippen molar-refractivity contribution in [3.05, 3.63) is 53.6 Å². The van der Waals surface area contributed by atoms with Gasteiger partial charge in [0.1, 0.15) is 11.9 Å². The molecule has 2 heterocycles. The SMILES string of the molecule is CC.CONc1ccc(OC2CCN(C(=S)CCCN3CCN(c4ccc(C(F)(F)F)cc4)CC3)CC2)cc1C(F)(F)F. The first kappa shape index (κ1) is 34.7. The molecule has 0 atom stereocenters. The lowest BCUT2D eigenvalue weighted by molar-refractivity contribution is -0.138. The Labute approximate surface area is 254 Å². The summed E-state index contributed by atoms with van der Waals surface area (Å²) in [4.78, 5) is 12.1. The van der Waals surface area contributed by atoms with Gasteiger partial charge in [0.05, 0.1) is 28.9 Å². The highest BCUT2D eigenvalue weighted by atomic mass is 32.1. The first-order valence-electron chi connectivity index (χ1n) is 14.5. The predicted molar refractivity (Wildman–Crippen MR) is 161 cm³/mol. The molecule has 2 saturated heterocycles. The Balaban J connectivity index is 0.00000248. The third-order valence-electron chi connectivity index (χ3n) is 7.40. The Morgan fingerprint density at radius 3 is 2.07 bits per heavy atom. The molecule has 0 bridgehead atoms. The van der Waals surface area contributed by atoms with Crippen LogP contribution in [0.25, 0.3) is 0 Å². The zero-order valence-electron chi connectivity index (χ0n) is 24.7. The second-order valence-electron chi connectivity index (χ2n) is 10.2. The van der Waals surface area contributed by atoms with E-state index in [1.54, 1.807) is 0 Å². The molecule has 2 fully saturated rings. The molecule has 0 spiro atoms. The molecule has 6 nitrogen and oxygen atoms in total. The van der Waals surface area contributed by atoms with E-state index >= 15 is 0 Å². The summed E-state index contributed by atoms with van der Waals surface area (Å²) in [5.41, 5.74) is 1.39. The molecule has 0 radical (unpaired) electrons. The van der Waals surface area contributed by atoms with Crippen molar-refractivity contribution in [1.82, 2.24) is 9.80 Å². The highest BCUT2D eigenvalue weighted by molar-refractivity contribution is 7.80. The van der Waals surface area contributed by atoms with Crippen molar-refractivity contribution in [2.75, 3.05) is 63.3 Å². The molecule has 0 aromatic heterocycles. The number of rotatable bonds is 9. The third-order valence-corrected chi connectivity index (χ3v) is 7.87. The number of benzene rings is 2. The quantitative estimate of drug-likeness (QED) is 0.174. The fraction of sp³-hybridized carbons (Fsp3) is 0.567. The summed E-state index contributed by atoms with van der Waals surface area (Å²) >= 11 is 5.66. The van der Waals surface area contributed by atoms with Gasteiger partial charge in [0, 0.05) is 57.8 Å². The number of hydrogen-bond donors (Lipinski definition) is 1. The van der Waals surface area contributed by atoms with Crippen molar-refractivity contribution < 1.29 is 35.9 Å². The molecular formula is C30H40F6N4O2S. The van der Waals surface area contributed by atoms with Crippen LogP contribution >= 0.6 is 12.2 Å². The Morgan fingerprint density at radius 1 is 0.884 bits per heavy atom. The van der Waals surface area contributed by atoms with E-state index in [9.17, 15) is 26.3 Å². The van der Waals surface area contributed by atoms with Crippen molar-refractivity contribution >= 4 is 28.6 Å². The molecule has 2 aromatic rings. The summed E-state index contributed by atoms with van der Waals surface area (Å²) in [5.74, 6) is 0.165. The minimum atomic E-state index is -4.55. The maximum atomic E-state index is 13.4. The van der Waals surface area contributed by atoms with Gasteiger partial charge in [-0.1, -0.05) is 26.1 Å². The maximum absolute atomic E-state index is 13.4. The second kappa shape index (κ2) is 15.8. The monoisotopic (exact) mass is 634 g/mol. The Bertz CT molecular complexity index is 1150. The van der Waals surface area contributed by atoms with Crippen LogP contribution in [0.15, 0.2) is 42.5 Å². The van der Waals surface area contributed by atoms with Gasteiger partial charge in [-0.15, -0.1) is 0 Å². The summed E-state index contributed by atoms with van der Waals surface area (Å²) in [6.45, 7) is 9.41. The van der Waals surface area contributed by atoms with Crippen LogP contribution in [0.5, 0.6) is 5.75 Å². The van der Waals surface area contributed by atoms with E-state index in [2.05, 4.69) is 25.0 Å². The molecule has 2 aliphatic rings. The van der Waals surface area contributed by atoms with Gasteiger partial charge in [-0.05, 0) is 61.9 Å². The average Bonchev–Trinajstić information content (AvgIpc) is 2.99. The molecule has 2 aliphatic heterocycles. The van der Waals surface area contributed by atoms with Gasteiger partial charge in [-0.25, -0.2) is 0 Å². The van der Waals surface area contributed by atoms with Crippen molar-refractivity contribution in [2.45, 2.75) is 58.0 Å². The van der Waals surface area contributed by atoms with Crippen LogP contribution in [0, 0.1) is 0 Å². The fourth-order valence-corrected chi connectivity index (χ4v) is 5.48. The number of piperazine rings is 1. The number of halogens is 6. The number of ether oxygens (including phenoxy) is 1. The zero-order valence-corrected chi connectivity index (χ0v) is 25.5. The smallest absolute Gasteiger partial charge is 0.418 e. The van der Waals surface area contributed by atoms with E-state index in [-0.39, 0.29) is 17.5 Å². The molecule has 43 heavy (non-hydrogen) atoms. The third kappa shape index (κ3) is 10.1. The summed E-state index contributed by atoms with van der Waals surface area (Å²) in [5, 5.41) is 0. The normalized spacial score (nSPS) is 16.9. The second-order valence-corrected chi connectivity index (χ2v) is 10.7. The highest BCUT2D eigenvalue weighted by Gasteiger charge is 2.35. The Kier molecular flexibility index (Phi) is 12.8. The lowest BCUT2D eigenvalue weighted by Gasteiger charge is -2.37. The van der Waals surface area contributed by atoms with E-state index in [4.69, 9.17) is 17.0 Å². The molecule has 240 valence electrons. The first-order chi connectivity index (χ1) is 20.4. The van der Waals surface area contributed by atoms with Crippen LogP contribution in [0.1, 0.15) is 50.7 Å². The molecule has 0 aliphatic carbocycles. The minimum Gasteiger partial charge on any atom is -0.490 e. The topological polar surface area (TPSA) is 40.2 Å². The van der Waals surface area contributed by atoms with Gasteiger partial charge in [0.25, 0.3) is 0 Å². The minimum absolute atomic E-state index is 0.165. The van der Waals surface area contributed by atoms with Gasteiger partial charge in [-0.3, -0.25) is 15.2 Å². The summed E-state index contributed by atoms with van der Waals surface area (Å²) in [6.07, 6.45) is -6.09. The maximum Gasteiger partial charge on any atom is 0.418 e. The van der Waals surface area contributed by atoms with Crippen LogP contribution in [0.4, 0.5) is 37.7 Å². The van der Waals surface area contributed by atoms with Gasteiger partial charge >= 0.3 is 12.4 Å². The van der Waals surface area contributed by atoms with Crippen molar-refractivity contribution in [1.29, 1.82) is 0 Å². The molecule has 0 saturated carbocycles. The van der Waals surface area contributed by atoms with Crippen LogP contribution in [-0.4, -0.2) is 73.8 Å². The number of hydrogen-bond acceptors (Lipinski definition) is 6. The van der Waals surface area contributed by atoms with E-state index in [1.165, 1.54) is 31.4 Å². The predicted octanol–water partition coefficient (Wildman–Crippen LogP) is 7.50. The average molecular weight is 635 g/mol. The molecule has 1 N–H and O–H groups in total. The molecule has 0 amide bonds. The van der Waals surface area contributed by atoms with E-state index in [0.717, 1.165) is 74.4 Å². The summed E-state index contributed by atoms with van der Waals surface area (Å²) < 4.78 is 84.5. The fourth-order valence-electron chi connectivity index (χ4n) is 5.15. The largest absolute Gasteiger partial charge is 0.490 e. The van der Waals surface area contributed by atoms with Crippen molar-refractivity contribution in [3.8, 4) is 5.75 Å². The molecular weight excluding hydrogens is 594 g/mol. The Hall–Kier alpha value is -2.77. The van der Waals surface area contributed by atoms with Crippen LogP contribution in [0.3, 0.4) is 0 Å². The summed E-state index contributed by atoms with van der Waals surface area (Å²) in [7, 11) is 1.25. The van der Waals surface area contributed by atoms with Gasteiger partial charge in [0.15, 0.2) is 0 Å². The number of piperidine rings is 1. The van der Waals surface area contributed by atoms with E-state index in [1.807, 2.05) is 13.8 Å². The van der Waals surface area contributed by atoms with Crippen LogP contribution in [-0.2, 0) is 17.2 Å². The first-order valence-corrected chi connectivity index (χ1v) is 14.9. The zero-order chi connectivity index (χ0) is 31.6. The number of anilines is 2. The van der Waals surface area contributed by atoms with Crippen LogP contribution < -0.4 is 15.1 Å². The molecule has 13 heteroatoms. The van der Waals surface area contributed by atoms with Crippen molar-refractivity contribution in [3.63, 3.8) is 0 Å². The van der Waals surface area contributed by atoms with Crippen LogP contribution in [0.2, 0.25) is 0 Å². The van der Waals surface area contributed by atoms with Gasteiger partial charge in [-0.2, -0.15) is 26.3 Å². The van der Waals surface area contributed by atoms with E-state index < -0.39 is 23.5 Å². The highest BCUT2D eigenvalue weighted by Crippen LogP contribution is 2.38. The number of nitrogens with zero attached hydrogens (tertiary/aromatic N) is 3. The van der Waals surface area contributed by atoms with Gasteiger partial charge < -0.3 is 14.5 Å². The molecule has 0 unspecified atom stereocenters. The lowest BCUT2D eigenvalue weighted by Crippen LogP contribution is -2.47. The number of alkyl halides is 6. The van der Waals surface area contributed by atoms with Gasteiger partial charge in [0.2, 0.25) is 0 Å².